The lowest BCUT2D eigenvalue weighted by atomic mass is 9.38. The topological polar surface area (TPSA) is 61.2 Å². The second-order valence-electron chi connectivity index (χ2n) is 10.9. The molecule has 0 N–H and O–H groups in total. The third-order valence-corrected chi connectivity index (χ3v) is 8.70. The minimum atomic E-state index is -0.226. The zero-order valence-corrected chi connectivity index (χ0v) is 22.3. The van der Waals surface area contributed by atoms with Gasteiger partial charge in [0.15, 0.2) is 0 Å². The SMILES string of the molecule is c1ccc(-c2ccccc2B2c3oc4ccccc4c3-n3c4c2ncc2cncc(c24)n2c4ccccc4nc32)cc1. The van der Waals surface area contributed by atoms with E-state index in [1.807, 2.05) is 36.8 Å². The van der Waals surface area contributed by atoms with Crippen LogP contribution in [0.1, 0.15) is 0 Å². The Hall–Kier alpha value is -5.69. The fourth-order valence-electron chi connectivity index (χ4n) is 6.99. The highest BCUT2D eigenvalue weighted by molar-refractivity contribution is 6.97. The number of hydrogen-bond donors (Lipinski definition) is 0. The number of furan rings is 1. The number of nitrogens with zero attached hydrogens (tertiary/aromatic N) is 5. The first-order valence-electron chi connectivity index (χ1n) is 14.1. The number of benzene rings is 4. The van der Waals surface area contributed by atoms with Crippen molar-refractivity contribution in [3.05, 3.63) is 122 Å². The molecule has 6 heterocycles. The molecule has 1 aliphatic rings. The number of fused-ring (bicyclic) bond motifs is 9. The molecule has 0 unspecified atom stereocenters. The van der Waals surface area contributed by atoms with Gasteiger partial charge in [-0.1, -0.05) is 84.3 Å². The third-order valence-electron chi connectivity index (χ3n) is 8.70. The fraction of sp³-hybridized carbons (Fsp3) is 0. The summed E-state index contributed by atoms with van der Waals surface area (Å²) in [5.74, 6) is 0.815. The summed E-state index contributed by atoms with van der Waals surface area (Å²) in [5, 5.41) is 3.16. The van der Waals surface area contributed by atoms with E-state index in [1.165, 1.54) is 0 Å². The Morgan fingerprint density at radius 2 is 1.52 bits per heavy atom. The van der Waals surface area contributed by atoms with Gasteiger partial charge in [-0.2, -0.15) is 0 Å². The van der Waals surface area contributed by atoms with Gasteiger partial charge in [0.25, 0.3) is 0 Å². The zero-order chi connectivity index (χ0) is 27.4. The summed E-state index contributed by atoms with van der Waals surface area (Å²) in [7, 11) is 0. The summed E-state index contributed by atoms with van der Waals surface area (Å²) in [6.07, 6.45) is 5.82. The Balaban J connectivity index is 1.46. The first kappa shape index (κ1) is 22.1. The van der Waals surface area contributed by atoms with E-state index in [0.29, 0.717) is 0 Å². The van der Waals surface area contributed by atoms with Gasteiger partial charge in [0.05, 0.1) is 34.0 Å². The van der Waals surface area contributed by atoms with E-state index in [4.69, 9.17) is 14.4 Å². The van der Waals surface area contributed by atoms with E-state index in [-0.39, 0.29) is 6.71 Å². The Labute approximate surface area is 239 Å². The van der Waals surface area contributed by atoms with Gasteiger partial charge in [-0.25, -0.2) is 4.98 Å². The summed E-state index contributed by atoms with van der Waals surface area (Å²) < 4.78 is 11.3. The van der Waals surface area contributed by atoms with Crippen LogP contribution < -0.4 is 16.7 Å². The normalized spacial score (nSPS) is 12.7. The van der Waals surface area contributed by atoms with Gasteiger partial charge >= 0.3 is 6.71 Å². The minimum Gasteiger partial charge on any atom is -0.468 e. The first-order valence-corrected chi connectivity index (χ1v) is 14.1. The smallest absolute Gasteiger partial charge is 0.316 e. The van der Waals surface area contributed by atoms with Crippen LogP contribution in [0.3, 0.4) is 0 Å². The molecule has 7 heteroatoms. The van der Waals surface area contributed by atoms with Crippen molar-refractivity contribution in [2.45, 2.75) is 0 Å². The molecule has 0 saturated heterocycles. The van der Waals surface area contributed by atoms with Gasteiger partial charge in [-0.05, 0) is 35.4 Å². The van der Waals surface area contributed by atoms with Gasteiger partial charge in [0.1, 0.15) is 11.2 Å². The summed E-state index contributed by atoms with van der Waals surface area (Å²) in [4.78, 5) is 15.0. The largest absolute Gasteiger partial charge is 0.468 e. The second-order valence-corrected chi connectivity index (χ2v) is 10.9. The van der Waals surface area contributed by atoms with Gasteiger partial charge < -0.3 is 4.42 Å². The van der Waals surface area contributed by atoms with Crippen LogP contribution in [0, 0.1) is 0 Å². The van der Waals surface area contributed by atoms with Crippen molar-refractivity contribution in [1.82, 2.24) is 23.9 Å². The molecule has 0 radical (unpaired) electrons. The predicted molar refractivity (Wildman–Crippen MR) is 169 cm³/mol. The van der Waals surface area contributed by atoms with Crippen molar-refractivity contribution in [1.29, 1.82) is 0 Å². The Morgan fingerprint density at radius 3 is 2.48 bits per heavy atom. The average Bonchev–Trinajstić information content (AvgIpc) is 3.63. The molecule has 1 aliphatic heterocycles. The molecule has 0 amide bonds. The molecule has 0 aliphatic carbocycles. The van der Waals surface area contributed by atoms with Crippen molar-refractivity contribution in [2.75, 3.05) is 0 Å². The molecule has 194 valence electrons. The first-order chi connectivity index (χ1) is 20.9. The van der Waals surface area contributed by atoms with Crippen molar-refractivity contribution in [3.63, 3.8) is 0 Å². The van der Waals surface area contributed by atoms with E-state index in [0.717, 1.165) is 83.1 Å². The molecular weight excluding hydrogens is 517 g/mol. The van der Waals surface area contributed by atoms with Crippen LogP contribution >= 0.6 is 0 Å². The molecule has 0 fully saturated rings. The average molecular weight is 537 g/mol. The molecule has 0 saturated carbocycles. The van der Waals surface area contributed by atoms with Gasteiger partial charge in [0.2, 0.25) is 5.78 Å². The Morgan fingerprint density at radius 1 is 0.714 bits per heavy atom. The molecule has 9 aromatic rings. The van der Waals surface area contributed by atoms with Gasteiger partial charge in [-0.3, -0.25) is 18.9 Å². The van der Waals surface area contributed by atoms with Crippen LogP contribution in [0.4, 0.5) is 0 Å². The lowest BCUT2D eigenvalue weighted by molar-refractivity contribution is 0.649. The highest BCUT2D eigenvalue weighted by Crippen LogP contribution is 2.36. The van der Waals surface area contributed by atoms with Crippen molar-refractivity contribution in [2.24, 2.45) is 0 Å². The van der Waals surface area contributed by atoms with E-state index >= 15 is 0 Å². The monoisotopic (exact) mass is 537 g/mol. The number of pyridine rings is 2. The van der Waals surface area contributed by atoms with Crippen LogP contribution in [0.25, 0.3) is 66.4 Å². The van der Waals surface area contributed by atoms with E-state index in [2.05, 4.69) is 98.9 Å². The second kappa shape index (κ2) is 7.95. The van der Waals surface area contributed by atoms with Gasteiger partial charge in [0, 0.05) is 34.1 Å². The van der Waals surface area contributed by atoms with Crippen LogP contribution in [0.5, 0.6) is 0 Å². The maximum absolute atomic E-state index is 6.83. The van der Waals surface area contributed by atoms with Crippen LogP contribution in [-0.4, -0.2) is 30.6 Å². The number of imidazole rings is 1. The number of aromatic nitrogens is 5. The standard InChI is InChI=1S/C35H20BN5O/c1-2-10-21(11-3-1)23-12-4-6-14-25(23)36-33-32-30-22(19-38-33)18-37-20-28(30)40-27-16-8-7-15-26(27)39-35(40)41(32)31-24-13-5-9-17-29(24)42-34(31)36/h1-20H. The van der Waals surface area contributed by atoms with Crippen LogP contribution in [0.2, 0.25) is 0 Å². The molecule has 42 heavy (non-hydrogen) atoms. The van der Waals surface area contributed by atoms with Crippen LogP contribution in [0.15, 0.2) is 126 Å². The molecule has 0 bridgehead atoms. The molecule has 6 nitrogen and oxygen atoms in total. The molecule has 5 aromatic heterocycles. The lowest BCUT2D eigenvalue weighted by Gasteiger charge is -2.27. The van der Waals surface area contributed by atoms with Crippen molar-refractivity contribution in [3.8, 4) is 16.8 Å². The maximum atomic E-state index is 6.83. The van der Waals surface area contributed by atoms with E-state index < -0.39 is 0 Å². The predicted octanol–water partition coefficient (Wildman–Crippen LogP) is 5.62. The number of rotatable bonds is 2. The fourth-order valence-corrected chi connectivity index (χ4v) is 6.99. The molecule has 0 spiro atoms. The third kappa shape index (κ3) is 2.72. The van der Waals surface area contributed by atoms with Crippen molar-refractivity contribution < 1.29 is 4.42 Å². The summed E-state index contributed by atoms with van der Waals surface area (Å²) in [5.41, 5.74) is 11.2. The van der Waals surface area contributed by atoms with Crippen molar-refractivity contribution >= 4 is 73.0 Å². The minimum absolute atomic E-state index is 0.226. The summed E-state index contributed by atoms with van der Waals surface area (Å²) >= 11 is 0. The maximum Gasteiger partial charge on any atom is 0.316 e. The summed E-state index contributed by atoms with van der Waals surface area (Å²) in [6, 6.07) is 35.7. The lowest BCUT2D eigenvalue weighted by Crippen LogP contribution is -2.57. The molecule has 4 aromatic carbocycles. The molecule has 0 atom stereocenters. The zero-order valence-electron chi connectivity index (χ0n) is 22.3. The Bertz CT molecular complexity index is 2540. The van der Waals surface area contributed by atoms with E-state index in [9.17, 15) is 0 Å². The van der Waals surface area contributed by atoms with E-state index in [1.54, 1.807) is 0 Å². The van der Waals surface area contributed by atoms with Gasteiger partial charge in [-0.15, -0.1) is 0 Å². The number of hydrogen-bond acceptors (Lipinski definition) is 4. The Kier molecular flexibility index (Phi) is 4.18. The highest BCUT2D eigenvalue weighted by atomic mass is 16.3. The summed E-state index contributed by atoms with van der Waals surface area (Å²) in [6.45, 7) is -0.226. The molecule has 10 rings (SSSR count). The number of para-hydroxylation sites is 3. The molecular formula is C35H20BN5O. The van der Waals surface area contributed by atoms with Crippen LogP contribution in [-0.2, 0) is 0 Å². The highest BCUT2D eigenvalue weighted by Gasteiger charge is 2.41. The quantitative estimate of drug-likeness (QED) is 0.269.